The number of nitrogens with one attached hydrogen (secondary N) is 1. The maximum atomic E-state index is 11.3. The normalized spacial score (nSPS) is 14.5. The Morgan fingerprint density at radius 2 is 2.00 bits per heavy atom. The number of amides is 1. The summed E-state index contributed by atoms with van der Waals surface area (Å²) in [5, 5.41) is 13.1. The van der Waals surface area contributed by atoms with Gasteiger partial charge in [0.1, 0.15) is 5.75 Å². The van der Waals surface area contributed by atoms with Gasteiger partial charge in [-0.1, -0.05) is 19.9 Å². The number of carbonyl (C=O) groups excluding carboxylic acids is 1. The second-order valence-corrected chi connectivity index (χ2v) is 4.61. The number of hydrogen-bond acceptors (Lipinski definition) is 3. The molecule has 0 atom stereocenters. The molecule has 0 saturated heterocycles. The molecule has 0 radical (unpaired) electrons. The van der Waals surface area contributed by atoms with E-state index >= 15 is 0 Å². The first-order valence-electron chi connectivity index (χ1n) is 6.51. The first-order chi connectivity index (χ1) is 8.65. The number of nitrogens with zero attached hydrogens (tertiary/aromatic N) is 1. The fourth-order valence-corrected chi connectivity index (χ4v) is 2.32. The van der Waals surface area contributed by atoms with Crippen LogP contribution in [0, 0.1) is 0 Å². The highest BCUT2D eigenvalue weighted by Gasteiger charge is 2.20. The first-order valence-corrected chi connectivity index (χ1v) is 6.51. The van der Waals surface area contributed by atoms with E-state index in [0.717, 1.165) is 36.4 Å². The monoisotopic (exact) mass is 248 g/mol. The lowest BCUT2D eigenvalue weighted by atomic mass is 9.98. The molecule has 98 valence electrons. The van der Waals surface area contributed by atoms with Gasteiger partial charge in [0.2, 0.25) is 5.91 Å². The Balaban J connectivity index is 2.26. The van der Waals surface area contributed by atoms with Crippen LogP contribution in [0.3, 0.4) is 0 Å². The number of hydrogen-bond donors (Lipinski definition) is 2. The van der Waals surface area contributed by atoms with E-state index in [4.69, 9.17) is 0 Å². The van der Waals surface area contributed by atoms with Crippen molar-refractivity contribution in [2.45, 2.75) is 33.2 Å². The SMILES string of the molecule is CCN(CC)Cc1ccc2c(c1O)CCC(=O)N2. The molecule has 0 aromatic heterocycles. The van der Waals surface area contributed by atoms with E-state index < -0.39 is 0 Å². The zero-order chi connectivity index (χ0) is 13.1. The highest BCUT2D eigenvalue weighted by atomic mass is 16.3. The second kappa shape index (κ2) is 5.40. The summed E-state index contributed by atoms with van der Waals surface area (Å²) in [7, 11) is 0. The molecule has 4 nitrogen and oxygen atoms in total. The summed E-state index contributed by atoms with van der Waals surface area (Å²) in [5.74, 6) is 0.373. The van der Waals surface area contributed by atoms with Crippen molar-refractivity contribution >= 4 is 11.6 Å². The number of carbonyl (C=O) groups is 1. The predicted octanol–water partition coefficient (Wildman–Crippen LogP) is 2.12. The minimum atomic E-state index is 0.0263. The van der Waals surface area contributed by atoms with Crippen LogP contribution in [0.5, 0.6) is 5.75 Å². The van der Waals surface area contributed by atoms with E-state index in [9.17, 15) is 9.90 Å². The molecule has 1 aliphatic heterocycles. The summed E-state index contributed by atoms with van der Waals surface area (Å²) in [5.41, 5.74) is 2.57. The van der Waals surface area contributed by atoms with Gasteiger partial charge in [-0.2, -0.15) is 0 Å². The summed E-state index contributed by atoms with van der Waals surface area (Å²) in [4.78, 5) is 13.5. The molecular weight excluding hydrogens is 228 g/mol. The third kappa shape index (κ3) is 2.48. The Hall–Kier alpha value is -1.55. The number of benzene rings is 1. The Morgan fingerprint density at radius 1 is 1.28 bits per heavy atom. The second-order valence-electron chi connectivity index (χ2n) is 4.61. The molecule has 1 heterocycles. The van der Waals surface area contributed by atoms with Crippen LogP contribution in [0.2, 0.25) is 0 Å². The van der Waals surface area contributed by atoms with Crippen LogP contribution in [0.4, 0.5) is 5.69 Å². The third-order valence-electron chi connectivity index (χ3n) is 3.53. The number of aromatic hydroxyl groups is 1. The van der Waals surface area contributed by atoms with Gasteiger partial charge in [0.25, 0.3) is 0 Å². The molecule has 1 aromatic rings. The fourth-order valence-electron chi connectivity index (χ4n) is 2.32. The highest BCUT2D eigenvalue weighted by Crippen LogP contribution is 2.34. The van der Waals surface area contributed by atoms with Gasteiger partial charge >= 0.3 is 0 Å². The topological polar surface area (TPSA) is 52.6 Å². The number of phenolic OH excluding ortho intramolecular Hbond substituents is 1. The number of anilines is 1. The van der Waals surface area contributed by atoms with Crippen LogP contribution in [-0.4, -0.2) is 29.0 Å². The lowest BCUT2D eigenvalue weighted by molar-refractivity contribution is -0.116. The fraction of sp³-hybridized carbons (Fsp3) is 0.500. The van der Waals surface area contributed by atoms with Gasteiger partial charge in [0, 0.05) is 29.8 Å². The third-order valence-corrected chi connectivity index (χ3v) is 3.53. The molecule has 4 heteroatoms. The maximum absolute atomic E-state index is 11.3. The molecule has 0 unspecified atom stereocenters. The van der Waals surface area contributed by atoms with E-state index in [0.29, 0.717) is 18.6 Å². The minimum absolute atomic E-state index is 0.0263. The summed E-state index contributed by atoms with van der Waals surface area (Å²) in [6, 6.07) is 3.79. The van der Waals surface area contributed by atoms with Crippen molar-refractivity contribution in [3.63, 3.8) is 0 Å². The average molecular weight is 248 g/mol. The van der Waals surface area contributed by atoms with Gasteiger partial charge < -0.3 is 10.4 Å². The molecule has 0 fully saturated rings. The van der Waals surface area contributed by atoms with Gasteiger partial charge in [-0.15, -0.1) is 0 Å². The van der Waals surface area contributed by atoms with Gasteiger partial charge in [-0.25, -0.2) is 0 Å². The Labute approximate surface area is 108 Å². The minimum Gasteiger partial charge on any atom is -0.507 e. The molecule has 0 saturated carbocycles. The molecule has 0 spiro atoms. The zero-order valence-electron chi connectivity index (χ0n) is 11.0. The van der Waals surface area contributed by atoms with E-state index in [1.165, 1.54) is 0 Å². The van der Waals surface area contributed by atoms with Gasteiger partial charge in [-0.05, 0) is 25.6 Å². The first kappa shape index (κ1) is 12.9. The van der Waals surface area contributed by atoms with Crippen molar-refractivity contribution in [2.24, 2.45) is 0 Å². The van der Waals surface area contributed by atoms with Gasteiger partial charge in [-0.3, -0.25) is 9.69 Å². The molecule has 18 heavy (non-hydrogen) atoms. The van der Waals surface area contributed by atoms with Crippen molar-refractivity contribution in [3.8, 4) is 5.75 Å². The molecular formula is C14H20N2O2. The van der Waals surface area contributed by atoms with Crippen molar-refractivity contribution in [2.75, 3.05) is 18.4 Å². The molecule has 0 bridgehead atoms. The lowest BCUT2D eigenvalue weighted by Gasteiger charge is -2.23. The van der Waals surface area contributed by atoms with Crippen LogP contribution in [0.1, 0.15) is 31.4 Å². The summed E-state index contributed by atoms with van der Waals surface area (Å²) < 4.78 is 0. The Kier molecular flexibility index (Phi) is 3.87. The van der Waals surface area contributed by atoms with Crippen molar-refractivity contribution in [1.29, 1.82) is 0 Å². The smallest absolute Gasteiger partial charge is 0.224 e. The lowest BCUT2D eigenvalue weighted by Crippen LogP contribution is -2.23. The van der Waals surface area contributed by atoms with Crippen LogP contribution in [0.25, 0.3) is 0 Å². The van der Waals surface area contributed by atoms with E-state index in [1.54, 1.807) is 0 Å². The quantitative estimate of drug-likeness (QED) is 0.858. The average Bonchev–Trinajstić information content (AvgIpc) is 2.38. The molecule has 1 amide bonds. The van der Waals surface area contributed by atoms with Crippen LogP contribution in [-0.2, 0) is 17.8 Å². The highest BCUT2D eigenvalue weighted by molar-refractivity contribution is 5.94. The largest absolute Gasteiger partial charge is 0.507 e. The van der Waals surface area contributed by atoms with Crippen molar-refractivity contribution < 1.29 is 9.90 Å². The Morgan fingerprint density at radius 3 is 2.67 bits per heavy atom. The number of rotatable bonds is 4. The molecule has 0 aliphatic carbocycles. The number of fused-ring (bicyclic) bond motifs is 1. The summed E-state index contributed by atoms with van der Waals surface area (Å²) in [6.07, 6.45) is 1.08. The Bertz CT molecular complexity index is 453. The zero-order valence-corrected chi connectivity index (χ0v) is 11.0. The van der Waals surface area contributed by atoms with E-state index in [2.05, 4.69) is 24.1 Å². The summed E-state index contributed by atoms with van der Waals surface area (Å²) >= 11 is 0. The standard InChI is InChI=1S/C14H20N2O2/c1-3-16(4-2)9-10-5-7-12-11(14(10)18)6-8-13(17)15-12/h5,7,18H,3-4,6,8-9H2,1-2H3,(H,15,17). The van der Waals surface area contributed by atoms with Gasteiger partial charge in [0.15, 0.2) is 0 Å². The number of phenols is 1. The molecule has 2 N–H and O–H groups in total. The van der Waals surface area contributed by atoms with Crippen LogP contribution in [0.15, 0.2) is 12.1 Å². The molecule has 1 aromatic carbocycles. The summed E-state index contributed by atoms with van der Waals surface area (Å²) in [6.45, 7) is 6.89. The molecule has 1 aliphatic rings. The van der Waals surface area contributed by atoms with Crippen LogP contribution < -0.4 is 5.32 Å². The van der Waals surface area contributed by atoms with E-state index in [1.807, 2.05) is 12.1 Å². The maximum Gasteiger partial charge on any atom is 0.224 e. The van der Waals surface area contributed by atoms with Crippen LogP contribution >= 0.6 is 0 Å². The van der Waals surface area contributed by atoms with Crippen molar-refractivity contribution in [3.05, 3.63) is 23.3 Å². The van der Waals surface area contributed by atoms with Crippen molar-refractivity contribution in [1.82, 2.24) is 4.90 Å². The van der Waals surface area contributed by atoms with E-state index in [-0.39, 0.29) is 5.91 Å². The predicted molar refractivity (Wildman–Crippen MR) is 71.7 cm³/mol. The molecule has 2 rings (SSSR count). The van der Waals surface area contributed by atoms with Gasteiger partial charge in [0.05, 0.1) is 0 Å².